The number of benzene rings is 1. The van der Waals surface area contributed by atoms with Crippen LogP contribution in [0, 0.1) is 0 Å². The summed E-state index contributed by atoms with van der Waals surface area (Å²) in [7, 11) is 0. The van der Waals surface area contributed by atoms with E-state index in [2.05, 4.69) is 14.7 Å². The van der Waals surface area contributed by atoms with Crippen LogP contribution in [0.5, 0.6) is 0 Å². The highest BCUT2D eigenvalue weighted by molar-refractivity contribution is 6.35. The Hall–Kier alpha value is -1.26. The lowest BCUT2D eigenvalue weighted by Crippen LogP contribution is -1.85. The van der Waals surface area contributed by atoms with E-state index in [4.69, 9.17) is 28.9 Å². The fraction of sp³-hybridized carbons (Fsp3) is 0. The van der Waals surface area contributed by atoms with Crippen molar-refractivity contribution in [2.75, 3.05) is 5.73 Å². The molecule has 0 saturated carbocycles. The number of nitrogen functional groups attached to an aromatic ring is 1. The van der Waals surface area contributed by atoms with Gasteiger partial charge in [0.05, 0.1) is 5.02 Å². The molecule has 0 aliphatic heterocycles. The van der Waals surface area contributed by atoms with E-state index in [9.17, 15) is 0 Å². The molecular formula is C8H5Cl2N3O. The molecule has 2 aromatic rings. The summed E-state index contributed by atoms with van der Waals surface area (Å²) in [5.74, 6) is 0.329. The first-order valence-corrected chi connectivity index (χ1v) is 4.47. The van der Waals surface area contributed by atoms with Gasteiger partial charge < -0.3 is 10.3 Å². The third-order valence-corrected chi connectivity index (χ3v) is 2.18. The summed E-state index contributed by atoms with van der Waals surface area (Å²) in [5, 5.41) is 4.68. The van der Waals surface area contributed by atoms with E-state index in [1.165, 1.54) is 0 Å². The first-order valence-electron chi connectivity index (χ1n) is 3.71. The molecule has 14 heavy (non-hydrogen) atoms. The van der Waals surface area contributed by atoms with Gasteiger partial charge in [-0.25, -0.2) is 0 Å². The lowest BCUT2D eigenvalue weighted by molar-refractivity contribution is 0.437. The molecule has 2 rings (SSSR count). The van der Waals surface area contributed by atoms with Crippen LogP contribution in [0.15, 0.2) is 22.7 Å². The number of nitrogens with two attached hydrogens (primary N) is 1. The van der Waals surface area contributed by atoms with Gasteiger partial charge in [-0.1, -0.05) is 28.4 Å². The second kappa shape index (κ2) is 3.48. The van der Waals surface area contributed by atoms with Crippen molar-refractivity contribution in [3.8, 4) is 11.4 Å². The second-order valence-electron chi connectivity index (χ2n) is 2.58. The fourth-order valence-electron chi connectivity index (χ4n) is 1.01. The minimum Gasteiger partial charge on any atom is -0.351 e. The van der Waals surface area contributed by atoms with Gasteiger partial charge in [0, 0.05) is 10.6 Å². The monoisotopic (exact) mass is 229 g/mol. The summed E-state index contributed by atoms with van der Waals surface area (Å²) in [6, 6.07) is 4.98. The van der Waals surface area contributed by atoms with Crippen molar-refractivity contribution in [1.29, 1.82) is 0 Å². The molecule has 0 amide bonds. The molecular weight excluding hydrogens is 225 g/mol. The zero-order valence-corrected chi connectivity index (χ0v) is 8.38. The van der Waals surface area contributed by atoms with E-state index >= 15 is 0 Å². The second-order valence-corrected chi connectivity index (χ2v) is 3.42. The lowest BCUT2D eigenvalue weighted by atomic mass is 10.2. The third-order valence-electron chi connectivity index (χ3n) is 1.61. The molecule has 0 fully saturated rings. The maximum absolute atomic E-state index is 5.92. The zero-order chi connectivity index (χ0) is 10.1. The number of anilines is 1. The smallest absolute Gasteiger partial charge is 0.319 e. The SMILES string of the molecule is Nc1nc(-c2cc(Cl)ccc2Cl)no1. The van der Waals surface area contributed by atoms with Crippen LogP contribution in [0.4, 0.5) is 6.01 Å². The molecule has 6 heteroatoms. The highest BCUT2D eigenvalue weighted by atomic mass is 35.5. The fourth-order valence-corrected chi connectivity index (χ4v) is 1.39. The van der Waals surface area contributed by atoms with Gasteiger partial charge in [0.2, 0.25) is 5.82 Å². The van der Waals surface area contributed by atoms with Crippen LogP contribution in [-0.4, -0.2) is 10.1 Å². The van der Waals surface area contributed by atoms with Crippen LogP contribution in [0.3, 0.4) is 0 Å². The maximum atomic E-state index is 5.92. The van der Waals surface area contributed by atoms with E-state index in [1.54, 1.807) is 18.2 Å². The molecule has 0 aliphatic carbocycles. The van der Waals surface area contributed by atoms with Gasteiger partial charge in [-0.05, 0) is 18.2 Å². The summed E-state index contributed by atoms with van der Waals surface area (Å²) in [4.78, 5) is 3.84. The van der Waals surface area contributed by atoms with Crippen molar-refractivity contribution >= 4 is 29.2 Å². The molecule has 0 aliphatic rings. The molecule has 1 heterocycles. The summed E-state index contributed by atoms with van der Waals surface area (Å²) >= 11 is 11.7. The summed E-state index contributed by atoms with van der Waals surface area (Å²) < 4.78 is 4.63. The van der Waals surface area contributed by atoms with Crippen LogP contribution in [0.1, 0.15) is 0 Å². The molecule has 4 nitrogen and oxygen atoms in total. The molecule has 1 aromatic carbocycles. The van der Waals surface area contributed by atoms with Gasteiger partial charge in [-0.3, -0.25) is 0 Å². The molecule has 0 radical (unpaired) electrons. The number of hydrogen-bond donors (Lipinski definition) is 1. The Morgan fingerprint density at radius 3 is 2.71 bits per heavy atom. The number of nitrogens with zero attached hydrogens (tertiary/aromatic N) is 2. The Morgan fingerprint density at radius 1 is 1.29 bits per heavy atom. The van der Waals surface area contributed by atoms with Crippen molar-refractivity contribution in [1.82, 2.24) is 10.1 Å². The van der Waals surface area contributed by atoms with Crippen LogP contribution in [0.25, 0.3) is 11.4 Å². The van der Waals surface area contributed by atoms with Crippen LogP contribution in [-0.2, 0) is 0 Å². The first-order chi connectivity index (χ1) is 6.66. The van der Waals surface area contributed by atoms with Crippen molar-refractivity contribution < 1.29 is 4.52 Å². The van der Waals surface area contributed by atoms with E-state index in [1.807, 2.05) is 0 Å². The Kier molecular flexibility index (Phi) is 2.31. The van der Waals surface area contributed by atoms with Gasteiger partial charge in [-0.15, -0.1) is 0 Å². The Bertz CT molecular complexity index is 469. The third kappa shape index (κ3) is 1.66. The van der Waals surface area contributed by atoms with Crippen LogP contribution >= 0.6 is 23.2 Å². The molecule has 0 atom stereocenters. The van der Waals surface area contributed by atoms with Gasteiger partial charge in [0.1, 0.15) is 0 Å². The number of hydrogen-bond acceptors (Lipinski definition) is 4. The molecule has 0 spiro atoms. The molecule has 0 unspecified atom stereocenters. The van der Waals surface area contributed by atoms with Crippen LogP contribution < -0.4 is 5.73 Å². The standard InChI is InChI=1S/C8H5Cl2N3O/c9-4-1-2-6(10)5(3-4)7-12-8(11)14-13-7/h1-3H,(H2,11,12,13). The number of halogens is 2. The Labute approximate surface area is 89.6 Å². The molecule has 1 aromatic heterocycles. The molecule has 72 valence electrons. The highest BCUT2D eigenvalue weighted by Gasteiger charge is 2.10. The average molecular weight is 230 g/mol. The van der Waals surface area contributed by atoms with Crippen molar-refractivity contribution in [3.63, 3.8) is 0 Å². The average Bonchev–Trinajstić information content (AvgIpc) is 2.56. The summed E-state index contributed by atoms with van der Waals surface area (Å²) in [6.07, 6.45) is 0. The van der Waals surface area contributed by atoms with Crippen molar-refractivity contribution in [2.45, 2.75) is 0 Å². The Balaban J connectivity index is 2.55. The number of rotatable bonds is 1. The summed E-state index contributed by atoms with van der Waals surface area (Å²) in [5.41, 5.74) is 5.88. The Morgan fingerprint density at radius 2 is 2.07 bits per heavy atom. The van der Waals surface area contributed by atoms with Crippen molar-refractivity contribution in [2.24, 2.45) is 0 Å². The molecule has 2 N–H and O–H groups in total. The van der Waals surface area contributed by atoms with E-state index in [-0.39, 0.29) is 6.01 Å². The quantitative estimate of drug-likeness (QED) is 0.817. The minimum absolute atomic E-state index is 0.00366. The maximum Gasteiger partial charge on any atom is 0.319 e. The molecule has 0 saturated heterocycles. The minimum atomic E-state index is -0.00366. The lowest BCUT2D eigenvalue weighted by Gasteiger charge is -1.98. The predicted octanol–water partition coefficient (Wildman–Crippen LogP) is 2.63. The van der Waals surface area contributed by atoms with E-state index in [0.717, 1.165) is 0 Å². The van der Waals surface area contributed by atoms with Gasteiger partial charge in [-0.2, -0.15) is 4.98 Å². The zero-order valence-electron chi connectivity index (χ0n) is 6.87. The van der Waals surface area contributed by atoms with E-state index < -0.39 is 0 Å². The normalized spacial score (nSPS) is 10.4. The topological polar surface area (TPSA) is 64.9 Å². The predicted molar refractivity (Wildman–Crippen MR) is 54.2 cm³/mol. The van der Waals surface area contributed by atoms with E-state index in [0.29, 0.717) is 21.4 Å². The summed E-state index contributed by atoms with van der Waals surface area (Å²) in [6.45, 7) is 0. The van der Waals surface area contributed by atoms with Crippen molar-refractivity contribution in [3.05, 3.63) is 28.2 Å². The van der Waals surface area contributed by atoms with Crippen LogP contribution in [0.2, 0.25) is 10.0 Å². The highest BCUT2D eigenvalue weighted by Crippen LogP contribution is 2.28. The van der Waals surface area contributed by atoms with Gasteiger partial charge >= 0.3 is 6.01 Å². The van der Waals surface area contributed by atoms with Gasteiger partial charge in [0.15, 0.2) is 0 Å². The number of aromatic nitrogens is 2. The van der Waals surface area contributed by atoms with Gasteiger partial charge in [0.25, 0.3) is 0 Å². The molecule has 0 bridgehead atoms. The first kappa shape index (κ1) is 9.30. The largest absolute Gasteiger partial charge is 0.351 e.